The second-order valence-electron chi connectivity index (χ2n) is 10.0. The van der Waals surface area contributed by atoms with E-state index in [4.69, 9.17) is 4.74 Å². The van der Waals surface area contributed by atoms with Crippen LogP contribution in [-0.4, -0.2) is 59.7 Å². The summed E-state index contributed by atoms with van der Waals surface area (Å²) in [5, 5.41) is 0. The first-order valence-electron chi connectivity index (χ1n) is 11.7. The van der Waals surface area contributed by atoms with Crippen LogP contribution >= 0.6 is 0 Å². The highest BCUT2D eigenvalue weighted by atomic mass is 16.6. The summed E-state index contributed by atoms with van der Waals surface area (Å²) in [6.45, 7) is 15.0. The van der Waals surface area contributed by atoms with Crippen molar-refractivity contribution in [3.8, 4) is 0 Å². The van der Waals surface area contributed by atoms with Gasteiger partial charge in [-0.1, -0.05) is 19.9 Å². The molecule has 1 aromatic heterocycles. The predicted molar refractivity (Wildman–Crippen MR) is 130 cm³/mol. The van der Waals surface area contributed by atoms with Gasteiger partial charge in [-0.05, 0) is 69.0 Å². The fourth-order valence-electron chi connectivity index (χ4n) is 5.23. The van der Waals surface area contributed by atoms with Gasteiger partial charge in [0.2, 0.25) is 0 Å². The SMILES string of the molecule is Cc1cnc(N2CCN(C(=O)c3ccc(N4C(=O)OC(C)(C)C4C(C)C)cc3)CC2)c(C)c1. The van der Waals surface area contributed by atoms with Crippen molar-refractivity contribution in [1.29, 1.82) is 0 Å². The molecule has 2 fully saturated rings. The number of benzene rings is 1. The van der Waals surface area contributed by atoms with Crippen LogP contribution in [0.3, 0.4) is 0 Å². The normalized spacial score (nSPS) is 20.4. The lowest BCUT2D eigenvalue weighted by atomic mass is 9.88. The summed E-state index contributed by atoms with van der Waals surface area (Å²) < 4.78 is 5.63. The van der Waals surface area contributed by atoms with Gasteiger partial charge in [0.15, 0.2) is 0 Å². The summed E-state index contributed by atoms with van der Waals surface area (Å²) in [5.74, 6) is 1.24. The van der Waals surface area contributed by atoms with E-state index in [0.29, 0.717) is 18.7 Å². The first-order valence-corrected chi connectivity index (χ1v) is 11.7. The molecular weight excluding hydrogens is 416 g/mol. The third kappa shape index (κ3) is 4.41. The molecule has 2 aliphatic heterocycles. The maximum Gasteiger partial charge on any atom is 0.415 e. The fourth-order valence-corrected chi connectivity index (χ4v) is 5.23. The number of aromatic nitrogens is 1. The number of aryl methyl sites for hydroxylation is 2. The van der Waals surface area contributed by atoms with E-state index in [0.717, 1.165) is 35.7 Å². The first kappa shape index (κ1) is 23.1. The van der Waals surface area contributed by atoms with Gasteiger partial charge in [-0.2, -0.15) is 0 Å². The summed E-state index contributed by atoms with van der Waals surface area (Å²) in [6, 6.07) is 9.39. The van der Waals surface area contributed by atoms with E-state index in [2.05, 4.69) is 36.7 Å². The van der Waals surface area contributed by atoms with Crippen LogP contribution in [-0.2, 0) is 4.74 Å². The number of ether oxygens (including phenoxy) is 1. The average Bonchev–Trinajstić information content (AvgIpc) is 3.02. The summed E-state index contributed by atoms with van der Waals surface area (Å²) in [4.78, 5) is 36.1. The van der Waals surface area contributed by atoms with Crippen LogP contribution in [0, 0.1) is 19.8 Å². The molecule has 33 heavy (non-hydrogen) atoms. The zero-order chi connectivity index (χ0) is 23.9. The van der Waals surface area contributed by atoms with Gasteiger partial charge >= 0.3 is 6.09 Å². The Labute approximate surface area is 196 Å². The predicted octanol–water partition coefficient (Wildman–Crippen LogP) is 4.42. The number of rotatable bonds is 4. The van der Waals surface area contributed by atoms with Gasteiger partial charge in [-0.15, -0.1) is 0 Å². The molecule has 1 aromatic carbocycles. The monoisotopic (exact) mass is 450 g/mol. The third-order valence-corrected chi connectivity index (χ3v) is 6.62. The van der Waals surface area contributed by atoms with Crippen LogP contribution < -0.4 is 9.80 Å². The number of piperazine rings is 1. The summed E-state index contributed by atoms with van der Waals surface area (Å²) >= 11 is 0. The molecule has 0 spiro atoms. The Kier molecular flexibility index (Phi) is 6.08. The van der Waals surface area contributed by atoms with Crippen molar-refractivity contribution < 1.29 is 14.3 Å². The summed E-state index contributed by atoms with van der Waals surface area (Å²) in [6.07, 6.45) is 1.55. The van der Waals surface area contributed by atoms with Gasteiger partial charge in [0.1, 0.15) is 11.4 Å². The second kappa shape index (κ2) is 8.69. The van der Waals surface area contributed by atoms with Crippen LogP contribution in [0.1, 0.15) is 49.2 Å². The molecule has 2 amide bonds. The largest absolute Gasteiger partial charge is 0.441 e. The van der Waals surface area contributed by atoms with Crippen molar-refractivity contribution in [2.24, 2.45) is 5.92 Å². The van der Waals surface area contributed by atoms with Gasteiger partial charge in [-0.25, -0.2) is 9.78 Å². The van der Waals surface area contributed by atoms with Crippen molar-refractivity contribution in [3.63, 3.8) is 0 Å². The Balaban J connectivity index is 1.43. The number of carbonyl (C=O) groups is 2. The quantitative estimate of drug-likeness (QED) is 0.690. The Morgan fingerprint density at radius 2 is 1.73 bits per heavy atom. The molecule has 4 rings (SSSR count). The van der Waals surface area contributed by atoms with Gasteiger partial charge < -0.3 is 14.5 Å². The molecule has 1 atom stereocenters. The highest BCUT2D eigenvalue weighted by Crippen LogP contribution is 2.37. The van der Waals surface area contributed by atoms with Crippen LogP contribution in [0.15, 0.2) is 36.5 Å². The maximum absolute atomic E-state index is 13.1. The standard InChI is InChI=1S/C26H34N4O3/c1-17(2)22-26(5,6)33-25(32)30(22)21-9-7-20(8-10-21)24(31)29-13-11-28(12-14-29)23-19(4)15-18(3)16-27-23/h7-10,15-17,22H,11-14H2,1-6H3. The zero-order valence-corrected chi connectivity index (χ0v) is 20.5. The number of hydrogen-bond donors (Lipinski definition) is 0. The number of hydrogen-bond acceptors (Lipinski definition) is 5. The highest BCUT2D eigenvalue weighted by Gasteiger charge is 2.49. The number of carbonyl (C=O) groups excluding carboxylic acids is 2. The lowest BCUT2D eigenvalue weighted by molar-refractivity contribution is 0.0592. The van der Waals surface area contributed by atoms with Crippen LogP contribution in [0.2, 0.25) is 0 Å². The molecule has 0 radical (unpaired) electrons. The van der Waals surface area contributed by atoms with Gasteiger partial charge in [0.05, 0.1) is 6.04 Å². The number of anilines is 2. The van der Waals surface area contributed by atoms with Crippen LogP contribution in [0.4, 0.5) is 16.3 Å². The molecule has 0 bridgehead atoms. The maximum atomic E-state index is 13.1. The minimum Gasteiger partial charge on any atom is -0.441 e. The van der Waals surface area contributed by atoms with Crippen molar-refractivity contribution in [1.82, 2.24) is 9.88 Å². The zero-order valence-electron chi connectivity index (χ0n) is 20.5. The van der Waals surface area contributed by atoms with E-state index in [9.17, 15) is 9.59 Å². The third-order valence-electron chi connectivity index (χ3n) is 6.62. The Hall–Kier alpha value is -3.09. The summed E-state index contributed by atoms with van der Waals surface area (Å²) in [5.41, 5.74) is 3.13. The molecular formula is C26H34N4O3. The number of pyridine rings is 1. The number of amides is 2. The van der Waals surface area contributed by atoms with Gasteiger partial charge in [-0.3, -0.25) is 9.69 Å². The first-order chi connectivity index (χ1) is 15.6. The molecule has 0 N–H and O–H groups in total. The number of cyclic esters (lactones) is 1. The lowest BCUT2D eigenvalue weighted by Gasteiger charge is -2.36. The molecule has 1 unspecified atom stereocenters. The minimum atomic E-state index is -0.565. The smallest absolute Gasteiger partial charge is 0.415 e. The molecule has 176 valence electrons. The van der Waals surface area contributed by atoms with Crippen LogP contribution in [0.25, 0.3) is 0 Å². The van der Waals surface area contributed by atoms with Gasteiger partial charge in [0, 0.05) is 43.6 Å². The highest BCUT2D eigenvalue weighted by molar-refractivity contribution is 5.96. The van der Waals surface area contributed by atoms with Crippen molar-refractivity contribution in [3.05, 3.63) is 53.2 Å². The summed E-state index contributed by atoms with van der Waals surface area (Å²) in [7, 11) is 0. The molecule has 2 aromatic rings. The molecule has 3 heterocycles. The lowest BCUT2D eigenvalue weighted by Crippen LogP contribution is -2.49. The topological polar surface area (TPSA) is 66.0 Å². The average molecular weight is 451 g/mol. The number of nitrogens with zero attached hydrogens (tertiary/aromatic N) is 4. The Morgan fingerprint density at radius 3 is 2.30 bits per heavy atom. The van der Waals surface area contributed by atoms with E-state index in [1.165, 1.54) is 0 Å². The van der Waals surface area contributed by atoms with Gasteiger partial charge in [0.25, 0.3) is 5.91 Å². The van der Waals surface area contributed by atoms with Crippen molar-refractivity contribution >= 4 is 23.5 Å². The van der Waals surface area contributed by atoms with E-state index in [1.54, 1.807) is 4.90 Å². The molecule has 2 saturated heterocycles. The second-order valence-corrected chi connectivity index (χ2v) is 10.0. The molecule has 7 heteroatoms. The van der Waals surface area contributed by atoms with Crippen molar-refractivity contribution in [2.75, 3.05) is 36.0 Å². The fraction of sp³-hybridized carbons (Fsp3) is 0.500. The van der Waals surface area contributed by atoms with E-state index >= 15 is 0 Å². The molecule has 0 aliphatic carbocycles. The van der Waals surface area contributed by atoms with E-state index in [1.807, 2.05) is 56.1 Å². The van der Waals surface area contributed by atoms with E-state index < -0.39 is 5.60 Å². The van der Waals surface area contributed by atoms with Crippen LogP contribution in [0.5, 0.6) is 0 Å². The Bertz CT molecular complexity index is 1040. The molecule has 2 aliphatic rings. The minimum absolute atomic E-state index is 0.0134. The molecule has 7 nitrogen and oxygen atoms in total. The molecule has 0 saturated carbocycles. The van der Waals surface area contributed by atoms with Crippen molar-refractivity contribution in [2.45, 2.75) is 53.2 Å². The Morgan fingerprint density at radius 1 is 1.09 bits per heavy atom. The van der Waals surface area contributed by atoms with E-state index in [-0.39, 0.29) is 24.0 Å².